The maximum Gasteiger partial charge on any atom is 0.319 e. The minimum atomic E-state index is -0.844. The van der Waals surface area contributed by atoms with Crippen molar-refractivity contribution in [1.82, 2.24) is 0 Å². The van der Waals surface area contributed by atoms with Crippen LogP contribution in [0, 0.1) is 20.2 Å². The number of esters is 1. The smallest absolute Gasteiger partial charge is 0.319 e. The molecule has 1 aromatic rings. The van der Waals surface area contributed by atoms with Gasteiger partial charge in [-0.05, 0) is 24.3 Å². The molecule has 0 aliphatic heterocycles. The quantitative estimate of drug-likeness (QED) is 0.215. The lowest BCUT2D eigenvalue weighted by molar-refractivity contribution is -0.395. The van der Waals surface area contributed by atoms with E-state index in [2.05, 4.69) is 6.92 Å². The van der Waals surface area contributed by atoms with E-state index in [1.54, 1.807) is 0 Å². The summed E-state index contributed by atoms with van der Waals surface area (Å²) in [6, 6.07) is 2.57. The molecule has 0 aliphatic rings. The van der Waals surface area contributed by atoms with Gasteiger partial charge in [0.25, 0.3) is 5.75 Å². The van der Waals surface area contributed by atoms with Gasteiger partial charge in [0.1, 0.15) is 0 Å². The summed E-state index contributed by atoms with van der Waals surface area (Å²) >= 11 is 0. The highest BCUT2D eigenvalue weighted by atomic mass is 16.6. The lowest BCUT2D eigenvalue weighted by atomic mass is 9.90. The number of unbranched alkanes of at least 4 members (excludes halogenated alkanes) is 2. The third-order valence-electron chi connectivity index (χ3n) is 3.83. The van der Waals surface area contributed by atoms with E-state index < -0.39 is 32.9 Å². The van der Waals surface area contributed by atoms with Gasteiger partial charge in [0, 0.05) is 19.1 Å². The van der Waals surface area contributed by atoms with E-state index in [9.17, 15) is 25.0 Å². The van der Waals surface area contributed by atoms with E-state index in [0.29, 0.717) is 12.0 Å². The first-order valence-corrected chi connectivity index (χ1v) is 7.96. The molecule has 8 nitrogen and oxygen atoms in total. The number of nitro benzene ring substituents is 2. The van der Waals surface area contributed by atoms with Gasteiger partial charge >= 0.3 is 17.3 Å². The molecule has 1 atom stereocenters. The molecule has 0 saturated heterocycles. The minimum Gasteiger partial charge on any atom is -0.412 e. The van der Waals surface area contributed by atoms with Gasteiger partial charge in [0.15, 0.2) is 0 Å². The van der Waals surface area contributed by atoms with E-state index in [1.165, 1.54) is 12.1 Å². The van der Waals surface area contributed by atoms with Crippen molar-refractivity contribution in [3.8, 4) is 5.75 Å². The molecule has 1 unspecified atom stereocenters. The van der Waals surface area contributed by atoms with E-state index in [1.807, 2.05) is 6.92 Å². The fourth-order valence-corrected chi connectivity index (χ4v) is 2.62. The lowest BCUT2D eigenvalue weighted by Gasteiger charge is -2.16. The van der Waals surface area contributed by atoms with E-state index >= 15 is 0 Å². The summed E-state index contributed by atoms with van der Waals surface area (Å²) in [6.45, 7) is 5.06. The maximum absolute atomic E-state index is 11.3. The molecule has 0 fully saturated rings. The molecular formula is C16H22N2O6. The number of hydrogen-bond acceptors (Lipinski definition) is 6. The normalized spacial score (nSPS) is 11.8. The van der Waals surface area contributed by atoms with Crippen molar-refractivity contribution < 1.29 is 19.4 Å². The van der Waals surface area contributed by atoms with Gasteiger partial charge in [-0.25, -0.2) is 0 Å². The van der Waals surface area contributed by atoms with Crippen molar-refractivity contribution in [2.45, 2.75) is 58.8 Å². The van der Waals surface area contributed by atoms with Gasteiger partial charge in [-0.3, -0.25) is 25.0 Å². The fourth-order valence-electron chi connectivity index (χ4n) is 2.62. The number of carbonyl (C=O) groups is 1. The highest BCUT2D eigenvalue weighted by Gasteiger charge is 2.31. The van der Waals surface area contributed by atoms with Crippen LogP contribution in [0.5, 0.6) is 5.75 Å². The number of nitrogens with zero attached hydrogens (tertiary/aromatic N) is 2. The summed E-state index contributed by atoms with van der Waals surface area (Å²) < 4.78 is 4.74. The molecule has 0 spiro atoms. The second-order valence-electron chi connectivity index (χ2n) is 5.60. The Morgan fingerprint density at radius 3 is 2.04 bits per heavy atom. The molecule has 0 heterocycles. The zero-order valence-electron chi connectivity index (χ0n) is 14.1. The molecule has 0 aliphatic carbocycles. The molecule has 0 radical (unpaired) electrons. The van der Waals surface area contributed by atoms with Gasteiger partial charge < -0.3 is 4.74 Å². The Bertz CT molecular complexity index is 594. The first-order valence-electron chi connectivity index (χ1n) is 7.96. The largest absolute Gasteiger partial charge is 0.412 e. The Hall–Kier alpha value is -2.51. The molecule has 0 saturated carbocycles. The van der Waals surface area contributed by atoms with Crippen LogP contribution in [0.2, 0.25) is 0 Å². The summed E-state index contributed by atoms with van der Waals surface area (Å²) in [5.41, 5.74) is -0.574. The Labute approximate surface area is 140 Å². The highest BCUT2D eigenvalue weighted by molar-refractivity contribution is 5.75. The highest BCUT2D eigenvalue weighted by Crippen LogP contribution is 2.41. The van der Waals surface area contributed by atoms with Crippen molar-refractivity contribution >= 4 is 17.3 Å². The molecule has 0 N–H and O–H groups in total. The van der Waals surface area contributed by atoms with Crippen LogP contribution in [0.15, 0.2) is 12.1 Å². The SMILES string of the molecule is CCCCCC(CC)c1cc([N+](=O)[O-])c(OC(C)=O)c([N+](=O)[O-])c1. The standard InChI is InChI=1S/C16H22N2O6/c1-4-6-7-8-12(5-2)13-9-14(17(20)21)16(24-11(3)19)15(10-13)18(22)23/h9-10,12H,4-8H2,1-3H3. The Morgan fingerprint density at radius 2 is 1.67 bits per heavy atom. The zero-order chi connectivity index (χ0) is 18.3. The third kappa shape index (κ3) is 5.00. The van der Waals surface area contributed by atoms with Gasteiger partial charge in [0.2, 0.25) is 0 Å². The monoisotopic (exact) mass is 338 g/mol. The van der Waals surface area contributed by atoms with Gasteiger partial charge in [-0.2, -0.15) is 0 Å². The Morgan fingerprint density at radius 1 is 1.12 bits per heavy atom. The first kappa shape index (κ1) is 19.5. The molecule has 0 amide bonds. The first-order chi connectivity index (χ1) is 11.3. The Balaban J connectivity index is 3.39. The van der Waals surface area contributed by atoms with Crippen LogP contribution >= 0.6 is 0 Å². The number of nitro groups is 2. The minimum absolute atomic E-state index is 0.0136. The summed E-state index contributed by atoms with van der Waals surface area (Å²) in [6.07, 6.45) is 4.53. The summed E-state index contributed by atoms with van der Waals surface area (Å²) in [4.78, 5) is 32.2. The Kier molecular flexibility index (Phi) is 7.29. The van der Waals surface area contributed by atoms with E-state index in [-0.39, 0.29) is 5.92 Å². The van der Waals surface area contributed by atoms with Crippen molar-refractivity contribution in [2.75, 3.05) is 0 Å². The zero-order valence-corrected chi connectivity index (χ0v) is 14.1. The third-order valence-corrected chi connectivity index (χ3v) is 3.83. The summed E-state index contributed by atoms with van der Waals surface area (Å²) in [5.74, 6) is -1.46. The number of carbonyl (C=O) groups excluding carboxylic acids is 1. The average molecular weight is 338 g/mol. The van der Waals surface area contributed by atoms with Crippen LogP contribution in [-0.4, -0.2) is 15.8 Å². The second kappa shape index (κ2) is 8.95. The predicted molar refractivity (Wildman–Crippen MR) is 88.2 cm³/mol. The van der Waals surface area contributed by atoms with Gasteiger partial charge in [-0.15, -0.1) is 0 Å². The van der Waals surface area contributed by atoms with E-state index in [4.69, 9.17) is 4.74 Å². The lowest BCUT2D eigenvalue weighted by Crippen LogP contribution is -2.08. The van der Waals surface area contributed by atoms with E-state index in [0.717, 1.165) is 32.6 Å². The summed E-state index contributed by atoms with van der Waals surface area (Å²) in [5, 5.41) is 22.6. The number of rotatable bonds is 9. The molecule has 1 rings (SSSR count). The maximum atomic E-state index is 11.3. The van der Waals surface area contributed by atoms with Crippen LogP contribution in [0.4, 0.5) is 11.4 Å². The predicted octanol–water partition coefficient (Wildman–Crippen LogP) is 4.50. The second-order valence-corrected chi connectivity index (χ2v) is 5.60. The molecule has 0 aromatic heterocycles. The van der Waals surface area contributed by atoms with Crippen LogP contribution in [0.25, 0.3) is 0 Å². The molecule has 1 aromatic carbocycles. The number of hydrogen-bond donors (Lipinski definition) is 0. The van der Waals surface area contributed by atoms with Crippen LogP contribution in [0.3, 0.4) is 0 Å². The van der Waals surface area contributed by atoms with Crippen LogP contribution in [0.1, 0.15) is 64.4 Å². The fraction of sp³-hybridized carbons (Fsp3) is 0.562. The molecule has 132 valence electrons. The number of benzene rings is 1. The average Bonchev–Trinajstić information content (AvgIpc) is 2.51. The van der Waals surface area contributed by atoms with Crippen LogP contribution in [-0.2, 0) is 4.79 Å². The topological polar surface area (TPSA) is 113 Å². The summed E-state index contributed by atoms with van der Waals surface area (Å²) in [7, 11) is 0. The van der Waals surface area contributed by atoms with Crippen molar-refractivity contribution in [3.63, 3.8) is 0 Å². The van der Waals surface area contributed by atoms with Crippen molar-refractivity contribution in [3.05, 3.63) is 37.9 Å². The number of ether oxygens (including phenoxy) is 1. The van der Waals surface area contributed by atoms with Crippen molar-refractivity contribution in [2.24, 2.45) is 0 Å². The van der Waals surface area contributed by atoms with Gasteiger partial charge in [-0.1, -0.05) is 33.1 Å². The molecular weight excluding hydrogens is 316 g/mol. The molecule has 24 heavy (non-hydrogen) atoms. The van der Waals surface area contributed by atoms with Crippen molar-refractivity contribution in [1.29, 1.82) is 0 Å². The molecule has 8 heteroatoms. The molecule has 0 bridgehead atoms. The van der Waals surface area contributed by atoms with Gasteiger partial charge in [0.05, 0.1) is 9.85 Å². The van der Waals surface area contributed by atoms with Crippen LogP contribution < -0.4 is 4.74 Å².